The summed E-state index contributed by atoms with van der Waals surface area (Å²) in [5.41, 5.74) is 2.86. The Balaban J connectivity index is 1.40. The van der Waals surface area contributed by atoms with Crippen LogP contribution in [0, 0.1) is 0 Å². The molecule has 6 nitrogen and oxygen atoms in total. The molecule has 2 fully saturated rings. The molecule has 6 heteroatoms. The Morgan fingerprint density at radius 1 is 0.812 bits per heavy atom. The molecule has 0 saturated carbocycles. The van der Waals surface area contributed by atoms with Crippen LogP contribution in [0.2, 0.25) is 0 Å². The van der Waals surface area contributed by atoms with Crippen molar-refractivity contribution in [3.05, 3.63) is 41.5 Å². The molecule has 2 aromatic rings. The molecule has 1 aliphatic carbocycles. The number of rotatable bonds is 9. The van der Waals surface area contributed by atoms with Gasteiger partial charge in [0.05, 0.1) is 25.9 Å². The second-order valence-corrected chi connectivity index (χ2v) is 8.88. The minimum atomic E-state index is -0.0224. The van der Waals surface area contributed by atoms with Gasteiger partial charge >= 0.3 is 0 Å². The fourth-order valence-corrected chi connectivity index (χ4v) is 5.19. The zero-order valence-electron chi connectivity index (χ0n) is 18.7. The molecule has 2 aromatic carbocycles. The van der Waals surface area contributed by atoms with E-state index in [9.17, 15) is 4.79 Å². The van der Waals surface area contributed by atoms with Crippen LogP contribution in [0.4, 0.5) is 0 Å². The van der Waals surface area contributed by atoms with Crippen LogP contribution in [-0.4, -0.2) is 51.3 Å². The smallest absolute Gasteiger partial charge is 0.198 e. The van der Waals surface area contributed by atoms with Crippen LogP contribution in [-0.2, 0) is 0 Å². The van der Waals surface area contributed by atoms with Crippen molar-refractivity contribution in [1.29, 1.82) is 0 Å². The molecular weight excluding hydrogens is 404 g/mol. The molecule has 2 heterocycles. The van der Waals surface area contributed by atoms with Gasteiger partial charge in [-0.05, 0) is 69.8 Å². The molecule has 0 aromatic heterocycles. The van der Waals surface area contributed by atoms with Gasteiger partial charge in [0.1, 0.15) is 17.2 Å². The Morgan fingerprint density at radius 2 is 1.44 bits per heavy atom. The highest BCUT2D eigenvalue weighted by Gasteiger charge is 2.35. The summed E-state index contributed by atoms with van der Waals surface area (Å²) in [6, 6.07) is 10.5. The van der Waals surface area contributed by atoms with E-state index < -0.39 is 0 Å². The average molecular weight is 437 g/mol. The summed E-state index contributed by atoms with van der Waals surface area (Å²) in [5, 5.41) is 7.00. The summed E-state index contributed by atoms with van der Waals surface area (Å²) in [5.74, 6) is 2.01. The quantitative estimate of drug-likeness (QED) is 0.529. The van der Waals surface area contributed by atoms with Crippen LogP contribution in [0.25, 0.3) is 11.1 Å². The van der Waals surface area contributed by atoms with Gasteiger partial charge in [-0.3, -0.25) is 4.79 Å². The number of hydrogen-bond acceptors (Lipinski definition) is 6. The van der Waals surface area contributed by atoms with Gasteiger partial charge in [-0.15, -0.1) is 0 Å². The van der Waals surface area contributed by atoms with Crippen LogP contribution in [0.1, 0.15) is 54.4 Å². The van der Waals surface area contributed by atoms with Crippen LogP contribution < -0.4 is 24.8 Å². The predicted octanol–water partition coefficient (Wildman–Crippen LogP) is 3.95. The monoisotopic (exact) mass is 436 g/mol. The first kappa shape index (κ1) is 21.3. The van der Waals surface area contributed by atoms with Crippen molar-refractivity contribution >= 4 is 5.78 Å². The molecule has 2 saturated heterocycles. The maximum Gasteiger partial charge on any atom is 0.198 e. The van der Waals surface area contributed by atoms with E-state index in [1.807, 2.05) is 30.3 Å². The zero-order valence-corrected chi connectivity index (χ0v) is 18.7. The van der Waals surface area contributed by atoms with Gasteiger partial charge in [0, 0.05) is 28.8 Å². The molecule has 170 valence electrons. The third-order valence-corrected chi connectivity index (χ3v) is 6.87. The van der Waals surface area contributed by atoms with E-state index in [0.29, 0.717) is 47.9 Å². The van der Waals surface area contributed by atoms with Crippen molar-refractivity contribution in [2.24, 2.45) is 0 Å². The Bertz CT molecular complexity index is 978. The number of ketones is 1. The molecule has 0 bridgehead atoms. The molecule has 0 radical (unpaired) electrons. The number of carbonyl (C=O) groups excluding carboxylic acids is 1. The summed E-state index contributed by atoms with van der Waals surface area (Å²) < 4.78 is 18.0. The van der Waals surface area contributed by atoms with Crippen LogP contribution in [0.5, 0.6) is 17.2 Å². The summed E-state index contributed by atoms with van der Waals surface area (Å²) in [6.07, 6.45) is 6.72. The first-order chi connectivity index (χ1) is 15.8. The van der Waals surface area contributed by atoms with Crippen molar-refractivity contribution in [2.45, 2.75) is 50.6 Å². The first-order valence-corrected chi connectivity index (χ1v) is 11.9. The number of fused-ring (bicyclic) bond motifs is 3. The summed E-state index contributed by atoms with van der Waals surface area (Å²) in [6.45, 7) is 3.36. The number of nitrogens with one attached hydrogen (secondary N) is 2. The van der Waals surface area contributed by atoms with E-state index in [4.69, 9.17) is 14.2 Å². The highest BCUT2D eigenvalue weighted by Crippen LogP contribution is 2.50. The van der Waals surface area contributed by atoms with E-state index in [-0.39, 0.29) is 5.78 Å². The molecule has 3 aliphatic rings. The number of methoxy groups -OCH3 is 1. The van der Waals surface area contributed by atoms with Crippen molar-refractivity contribution in [1.82, 2.24) is 10.6 Å². The Kier molecular flexibility index (Phi) is 6.32. The third kappa shape index (κ3) is 4.09. The lowest BCUT2D eigenvalue weighted by atomic mass is 10.0. The molecule has 2 unspecified atom stereocenters. The number of hydrogen-bond donors (Lipinski definition) is 2. The Labute approximate surface area is 189 Å². The number of carbonyl (C=O) groups is 1. The molecule has 5 rings (SSSR count). The SMILES string of the molecule is COc1ccc(OCCC2CCCN2)c2c1-c1c(OCCC3CCCN3)cccc1C2=O. The van der Waals surface area contributed by atoms with E-state index >= 15 is 0 Å². The van der Waals surface area contributed by atoms with E-state index in [2.05, 4.69) is 10.6 Å². The second kappa shape index (κ2) is 9.51. The molecular formula is C26H32N2O4. The molecule has 0 spiro atoms. The molecule has 2 N–H and O–H groups in total. The lowest BCUT2D eigenvalue weighted by molar-refractivity contribution is 0.103. The highest BCUT2D eigenvalue weighted by atomic mass is 16.5. The van der Waals surface area contributed by atoms with Crippen molar-refractivity contribution in [2.75, 3.05) is 33.4 Å². The highest BCUT2D eigenvalue weighted by molar-refractivity contribution is 6.25. The van der Waals surface area contributed by atoms with Crippen molar-refractivity contribution in [3.8, 4) is 28.4 Å². The van der Waals surface area contributed by atoms with Gasteiger partial charge in [0.25, 0.3) is 0 Å². The average Bonchev–Trinajstić information content (AvgIpc) is 3.57. The summed E-state index contributed by atoms with van der Waals surface area (Å²) in [4.78, 5) is 13.4. The van der Waals surface area contributed by atoms with Crippen molar-refractivity contribution in [3.63, 3.8) is 0 Å². The summed E-state index contributed by atoms with van der Waals surface area (Å²) in [7, 11) is 1.64. The maximum absolute atomic E-state index is 13.4. The van der Waals surface area contributed by atoms with Crippen molar-refractivity contribution < 1.29 is 19.0 Å². The predicted molar refractivity (Wildman–Crippen MR) is 124 cm³/mol. The number of benzene rings is 2. The summed E-state index contributed by atoms with van der Waals surface area (Å²) >= 11 is 0. The molecule has 2 aliphatic heterocycles. The van der Waals surface area contributed by atoms with Gasteiger partial charge in [-0.2, -0.15) is 0 Å². The van der Waals surface area contributed by atoms with Gasteiger partial charge < -0.3 is 24.8 Å². The molecule has 32 heavy (non-hydrogen) atoms. The van der Waals surface area contributed by atoms with E-state index in [1.165, 1.54) is 25.7 Å². The van der Waals surface area contributed by atoms with Gasteiger partial charge in [-0.25, -0.2) is 0 Å². The van der Waals surface area contributed by atoms with E-state index in [0.717, 1.165) is 42.8 Å². The van der Waals surface area contributed by atoms with Crippen LogP contribution in [0.15, 0.2) is 30.3 Å². The lowest BCUT2D eigenvalue weighted by Gasteiger charge is -2.16. The largest absolute Gasteiger partial charge is 0.496 e. The molecule has 2 atom stereocenters. The lowest BCUT2D eigenvalue weighted by Crippen LogP contribution is -2.23. The van der Waals surface area contributed by atoms with Gasteiger partial charge in [0.15, 0.2) is 5.78 Å². The Morgan fingerprint density at radius 3 is 2.03 bits per heavy atom. The topological polar surface area (TPSA) is 68.8 Å². The second-order valence-electron chi connectivity index (χ2n) is 8.88. The van der Waals surface area contributed by atoms with E-state index in [1.54, 1.807) is 7.11 Å². The van der Waals surface area contributed by atoms with Gasteiger partial charge in [0.2, 0.25) is 0 Å². The maximum atomic E-state index is 13.4. The standard InChI is InChI=1S/C26H32N2O4/c1-30-20-9-10-22(32-16-12-18-6-4-14-28-18)25-24(20)23-19(26(25)29)7-2-8-21(23)31-15-11-17-5-3-13-27-17/h2,7-10,17-18,27-28H,3-6,11-16H2,1H3. The van der Waals surface area contributed by atoms with Gasteiger partial charge in [-0.1, -0.05) is 12.1 Å². The fourth-order valence-electron chi connectivity index (χ4n) is 5.19. The first-order valence-electron chi connectivity index (χ1n) is 11.9. The fraction of sp³-hybridized carbons (Fsp3) is 0.500. The number of ether oxygens (including phenoxy) is 3. The van der Waals surface area contributed by atoms with Crippen LogP contribution in [0.3, 0.4) is 0 Å². The Hall–Kier alpha value is -2.57. The normalized spacial score (nSPS) is 21.5. The van der Waals surface area contributed by atoms with Crippen LogP contribution >= 0.6 is 0 Å². The minimum Gasteiger partial charge on any atom is -0.496 e. The molecule has 0 amide bonds. The minimum absolute atomic E-state index is 0.0224. The third-order valence-electron chi connectivity index (χ3n) is 6.87. The zero-order chi connectivity index (χ0) is 21.9.